The van der Waals surface area contributed by atoms with Crippen molar-refractivity contribution in [1.82, 2.24) is 15.2 Å². The van der Waals surface area contributed by atoms with Gasteiger partial charge in [-0.15, -0.1) is 0 Å². The molecule has 4 rings (SSSR count). The Hall–Kier alpha value is -2.93. The maximum absolute atomic E-state index is 13.1. The SMILES string of the molecule is O=C(CN1C(=O)N[C@@]2(CCCc3ccccc32)C1=O)Nc1ccc(Cl)cn1. The van der Waals surface area contributed by atoms with E-state index in [1.807, 2.05) is 24.3 Å². The Balaban J connectivity index is 1.54. The largest absolute Gasteiger partial charge is 0.325 e. The summed E-state index contributed by atoms with van der Waals surface area (Å²) in [6.07, 6.45) is 3.58. The average molecular weight is 385 g/mol. The molecular weight excluding hydrogens is 368 g/mol. The first kappa shape index (κ1) is 17.5. The van der Waals surface area contributed by atoms with Crippen LogP contribution in [-0.2, 0) is 21.5 Å². The zero-order valence-electron chi connectivity index (χ0n) is 14.4. The van der Waals surface area contributed by atoms with Gasteiger partial charge in [0.15, 0.2) is 0 Å². The number of aryl methyl sites for hydroxylation is 1. The van der Waals surface area contributed by atoms with Crippen LogP contribution in [0.25, 0.3) is 0 Å². The topological polar surface area (TPSA) is 91.4 Å². The predicted octanol–water partition coefficient (Wildman–Crippen LogP) is 2.46. The van der Waals surface area contributed by atoms with Crippen LogP contribution in [0.15, 0.2) is 42.6 Å². The van der Waals surface area contributed by atoms with E-state index in [1.165, 1.54) is 6.20 Å². The normalized spacial score (nSPS) is 21.1. The number of nitrogens with one attached hydrogen (secondary N) is 2. The Kier molecular flexibility index (Phi) is 4.31. The third-order valence-electron chi connectivity index (χ3n) is 4.95. The molecule has 8 heteroatoms. The maximum atomic E-state index is 13.1. The Morgan fingerprint density at radius 2 is 2.07 bits per heavy atom. The second-order valence-corrected chi connectivity index (χ2v) is 7.08. The summed E-state index contributed by atoms with van der Waals surface area (Å²) >= 11 is 5.77. The monoisotopic (exact) mass is 384 g/mol. The summed E-state index contributed by atoms with van der Waals surface area (Å²) < 4.78 is 0. The van der Waals surface area contributed by atoms with Crippen molar-refractivity contribution in [2.45, 2.75) is 24.8 Å². The second-order valence-electron chi connectivity index (χ2n) is 6.65. The van der Waals surface area contributed by atoms with Gasteiger partial charge < -0.3 is 10.6 Å². The van der Waals surface area contributed by atoms with Crippen LogP contribution in [0, 0.1) is 0 Å². The first-order chi connectivity index (χ1) is 13.0. The molecule has 1 saturated heterocycles. The third-order valence-corrected chi connectivity index (χ3v) is 5.17. The number of halogens is 1. The van der Waals surface area contributed by atoms with Gasteiger partial charge in [0.05, 0.1) is 5.02 Å². The molecule has 1 aromatic carbocycles. The van der Waals surface area contributed by atoms with E-state index in [1.54, 1.807) is 12.1 Å². The number of amides is 4. The number of fused-ring (bicyclic) bond motifs is 2. The van der Waals surface area contributed by atoms with Crippen LogP contribution in [0.5, 0.6) is 0 Å². The summed E-state index contributed by atoms with van der Waals surface area (Å²) in [6.45, 7) is -0.376. The van der Waals surface area contributed by atoms with Gasteiger partial charge in [-0.1, -0.05) is 35.9 Å². The van der Waals surface area contributed by atoms with Crippen LogP contribution in [0.3, 0.4) is 0 Å². The van der Waals surface area contributed by atoms with E-state index < -0.39 is 17.5 Å². The molecule has 0 saturated carbocycles. The van der Waals surface area contributed by atoms with Gasteiger partial charge in [0.25, 0.3) is 5.91 Å². The molecule has 138 valence electrons. The van der Waals surface area contributed by atoms with Gasteiger partial charge in [0.2, 0.25) is 5.91 Å². The number of hydrogen-bond acceptors (Lipinski definition) is 4. The molecule has 1 aromatic heterocycles. The molecule has 2 N–H and O–H groups in total. The molecule has 7 nitrogen and oxygen atoms in total. The van der Waals surface area contributed by atoms with Crippen molar-refractivity contribution in [2.75, 3.05) is 11.9 Å². The van der Waals surface area contributed by atoms with Crippen molar-refractivity contribution >= 4 is 35.3 Å². The first-order valence-corrected chi connectivity index (χ1v) is 9.01. The third kappa shape index (κ3) is 3.04. The molecule has 27 heavy (non-hydrogen) atoms. The van der Waals surface area contributed by atoms with Gasteiger partial charge in [0, 0.05) is 6.20 Å². The van der Waals surface area contributed by atoms with Crippen molar-refractivity contribution in [3.05, 3.63) is 58.7 Å². The van der Waals surface area contributed by atoms with Crippen molar-refractivity contribution in [1.29, 1.82) is 0 Å². The van der Waals surface area contributed by atoms with E-state index in [2.05, 4.69) is 15.6 Å². The molecular formula is C19H17ClN4O3. The zero-order valence-corrected chi connectivity index (χ0v) is 15.1. The lowest BCUT2D eigenvalue weighted by atomic mass is 9.76. The van der Waals surface area contributed by atoms with Crippen LogP contribution in [0.4, 0.5) is 10.6 Å². The van der Waals surface area contributed by atoms with E-state index in [-0.39, 0.29) is 12.5 Å². The highest BCUT2D eigenvalue weighted by Crippen LogP contribution is 2.39. The fraction of sp³-hybridized carbons (Fsp3) is 0.263. The van der Waals surface area contributed by atoms with Crippen LogP contribution < -0.4 is 10.6 Å². The minimum Gasteiger partial charge on any atom is -0.319 e. The molecule has 2 aliphatic rings. The van der Waals surface area contributed by atoms with E-state index in [9.17, 15) is 14.4 Å². The number of carbonyl (C=O) groups excluding carboxylic acids is 3. The predicted molar refractivity (Wildman–Crippen MR) is 99.2 cm³/mol. The summed E-state index contributed by atoms with van der Waals surface area (Å²) in [4.78, 5) is 42.8. The smallest absolute Gasteiger partial charge is 0.319 e. The molecule has 0 bridgehead atoms. The van der Waals surface area contributed by atoms with Crippen molar-refractivity contribution in [3.63, 3.8) is 0 Å². The number of aromatic nitrogens is 1. The van der Waals surface area contributed by atoms with Crippen LogP contribution in [0.2, 0.25) is 5.02 Å². The molecule has 0 radical (unpaired) electrons. The highest BCUT2D eigenvalue weighted by Gasteiger charge is 2.54. The Bertz CT molecular complexity index is 931. The van der Waals surface area contributed by atoms with E-state index >= 15 is 0 Å². The number of nitrogens with zero attached hydrogens (tertiary/aromatic N) is 2. The Morgan fingerprint density at radius 3 is 2.85 bits per heavy atom. The van der Waals surface area contributed by atoms with Gasteiger partial charge in [-0.3, -0.25) is 14.5 Å². The minimum atomic E-state index is -1.08. The fourth-order valence-electron chi connectivity index (χ4n) is 3.73. The molecule has 1 fully saturated rings. The van der Waals surface area contributed by atoms with Crippen molar-refractivity contribution in [2.24, 2.45) is 0 Å². The molecule has 1 atom stereocenters. The fourth-order valence-corrected chi connectivity index (χ4v) is 3.84. The number of benzene rings is 1. The lowest BCUT2D eigenvalue weighted by molar-refractivity contribution is -0.134. The number of rotatable bonds is 3. The summed E-state index contributed by atoms with van der Waals surface area (Å²) in [7, 11) is 0. The Labute approximate surface area is 160 Å². The molecule has 4 amide bonds. The lowest BCUT2D eigenvalue weighted by Gasteiger charge is -2.33. The highest BCUT2D eigenvalue weighted by molar-refractivity contribution is 6.30. The second kappa shape index (κ2) is 6.66. The summed E-state index contributed by atoms with van der Waals surface area (Å²) in [5.41, 5.74) is 0.788. The molecule has 0 unspecified atom stereocenters. The minimum absolute atomic E-state index is 0.300. The van der Waals surface area contributed by atoms with Crippen molar-refractivity contribution in [3.8, 4) is 0 Å². The number of pyridine rings is 1. The molecule has 1 aliphatic carbocycles. The van der Waals surface area contributed by atoms with Gasteiger partial charge >= 0.3 is 6.03 Å². The molecule has 2 aromatic rings. The van der Waals surface area contributed by atoms with Gasteiger partial charge in [-0.05, 0) is 42.5 Å². The standard InChI is InChI=1S/C19H17ClN4O3/c20-13-7-8-15(21-10-13)22-16(25)11-24-17(26)19(23-18(24)27)9-3-5-12-4-1-2-6-14(12)19/h1-2,4,6-8,10H,3,5,9,11H2,(H,23,27)(H,21,22,25)/t19-/m1/s1. The van der Waals surface area contributed by atoms with Crippen molar-refractivity contribution < 1.29 is 14.4 Å². The number of imide groups is 1. The number of urea groups is 1. The van der Waals surface area contributed by atoms with Gasteiger partial charge in [0.1, 0.15) is 17.9 Å². The highest BCUT2D eigenvalue weighted by atomic mass is 35.5. The van der Waals surface area contributed by atoms with Gasteiger partial charge in [-0.25, -0.2) is 9.78 Å². The number of carbonyl (C=O) groups is 3. The molecule has 2 heterocycles. The molecule has 1 spiro atoms. The van der Waals surface area contributed by atoms with Crippen LogP contribution in [0.1, 0.15) is 24.0 Å². The summed E-state index contributed by atoms with van der Waals surface area (Å²) in [6, 6.07) is 10.2. The van der Waals surface area contributed by atoms with E-state index in [0.29, 0.717) is 17.3 Å². The quantitative estimate of drug-likeness (QED) is 0.795. The van der Waals surface area contributed by atoms with Gasteiger partial charge in [-0.2, -0.15) is 0 Å². The number of hydrogen-bond donors (Lipinski definition) is 2. The summed E-state index contributed by atoms with van der Waals surface area (Å²) in [5, 5.41) is 5.84. The number of anilines is 1. The van der Waals surface area contributed by atoms with E-state index in [0.717, 1.165) is 28.9 Å². The molecule has 1 aliphatic heterocycles. The summed E-state index contributed by atoms with van der Waals surface area (Å²) in [5.74, 6) is -0.595. The zero-order chi connectivity index (χ0) is 19.0. The average Bonchev–Trinajstić information content (AvgIpc) is 2.89. The maximum Gasteiger partial charge on any atom is 0.325 e. The van der Waals surface area contributed by atoms with Crippen LogP contribution in [-0.4, -0.2) is 34.3 Å². The lowest BCUT2D eigenvalue weighted by Crippen LogP contribution is -2.47. The first-order valence-electron chi connectivity index (χ1n) is 8.63. The Morgan fingerprint density at radius 1 is 1.26 bits per heavy atom. The van der Waals surface area contributed by atoms with E-state index in [4.69, 9.17) is 11.6 Å². The van der Waals surface area contributed by atoms with Crippen LogP contribution >= 0.6 is 11.6 Å².